The van der Waals surface area contributed by atoms with E-state index in [1.54, 1.807) is 48.7 Å². The molecule has 5 nitrogen and oxygen atoms in total. The predicted octanol–water partition coefficient (Wildman–Crippen LogP) is 3.95. The molecule has 7 heteroatoms. The van der Waals surface area contributed by atoms with Crippen LogP contribution >= 0.6 is 0 Å². The van der Waals surface area contributed by atoms with Crippen molar-refractivity contribution in [3.8, 4) is 0 Å². The molecule has 0 aliphatic carbocycles. The Morgan fingerprint density at radius 3 is 2.09 bits per heavy atom. The third-order valence-electron chi connectivity index (χ3n) is 5.91. The SMILES string of the molecule is O=S(=O)(c1ccccc1)c1c[nH+]c2ccccc2c1N1CCN(c2ccc(F)cc2)CC1. The fourth-order valence-electron chi connectivity index (χ4n) is 4.26. The highest BCUT2D eigenvalue weighted by atomic mass is 32.2. The van der Waals surface area contributed by atoms with Gasteiger partial charge in [-0.25, -0.2) is 17.8 Å². The number of pyridine rings is 1. The second-order valence-corrected chi connectivity index (χ2v) is 9.73. The van der Waals surface area contributed by atoms with Gasteiger partial charge in [-0.05, 0) is 42.5 Å². The van der Waals surface area contributed by atoms with Crippen LogP contribution in [0.2, 0.25) is 0 Å². The van der Waals surface area contributed by atoms with Crippen molar-refractivity contribution in [3.63, 3.8) is 0 Å². The standard InChI is InChI=1S/C25H22FN3O2S/c26-19-10-12-20(13-11-19)28-14-16-29(17-15-28)25-22-8-4-5-9-23(22)27-18-24(25)32(30,31)21-6-2-1-3-7-21/h1-13,18H,14-17H2/p+1. The van der Waals surface area contributed by atoms with Gasteiger partial charge in [0.25, 0.3) is 0 Å². The molecule has 0 unspecified atom stereocenters. The van der Waals surface area contributed by atoms with Crippen molar-refractivity contribution in [2.45, 2.75) is 9.79 Å². The van der Waals surface area contributed by atoms with E-state index in [1.165, 1.54) is 12.1 Å². The van der Waals surface area contributed by atoms with Crippen molar-refractivity contribution in [3.05, 3.63) is 90.9 Å². The summed E-state index contributed by atoms with van der Waals surface area (Å²) < 4.78 is 40.4. The molecule has 1 aliphatic heterocycles. The Bertz CT molecular complexity index is 1350. The van der Waals surface area contributed by atoms with Crippen LogP contribution < -0.4 is 14.8 Å². The molecule has 0 bridgehead atoms. The smallest absolute Gasteiger partial charge is 0.214 e. The first kappa shape index (κ1) is 20.5. The van der Waals surface area contributed by atoms with Crippen molar-refractivity contribution >= 4 is 32.1 Å². The van der Waals surface area contributed by atoms with Gasteiger partial charge in [-0.3, -0.25) is 0 Å². The van der Waals surface area contributed by atoms with Gasteiger partial charge in [0.15, 0.2) is 11.1 Å². The van der Waals surface area contributed by atoms with Crippen LogP contribution in [0.5, 0.6) is 0 Å². The lowest BCUT2D eigenvalue weighted by Gasteiger charge is -2.38. The number of fused-ring (bicyclic) bond motifs is 1. The first-order valence-corrected chi connectivity index (χ1v) is 12.0. The molecule has 162 valence electrons. The summed E-state index contributed by atoms with van der Waals surface area (Å²) in [5, 5.41) is 0.875. The lowest BCUT2D eigenvalue weighted by molar-refractivity contribution is -0.347. The Morgan fingerprint density at radius 1 is 0.750 bits per heavy atom. The van der Waals surface area contributed by atoms with Crippen LogP contribution in [0.25, 0.3) is 10.9 Å². The van der Waals surface area contributed by atoms with E-state index in [2.05, 4.69) is 14.8 Å². The van der Waals surface area contributed by atoms with E-state index in [-0.39, 0.29) is 15.6 Å². The maximum absolute atomic E-state index is 13.6. The van der Waals surface area contributed by atoms with Gasteiger partial charge in [-0.15, -0.1) is 0 Å². The molecule has 0 saturated carbocycles. The number of benzene rings is 3. The van der Waals surface area contributed by atoms with Crippen LogP contribution in [0.3, 0.4) is 0 Å². The highest BCUT2D eigenvalue weighted by Crippen LogP contribution is 2.35. The van der Waals surface area contributed by atoms with E-state index in [1.807, 2.05) is 24.3 Å². The maximum Gasteiger partial charge on any atom is 0.214 e. The number of nitrogens with zero attached hydrogens (tertiary/aromatic N) is 2. The fraction of sp³-hybridized carbons (Fsp3) is 0.160. The number of para-hydroxylation sites is 1. The van der Waals surface area contributed by atoms with Gasteiger partial charge >= 0.3 is 0 Å². The van der Waals surface area contributed by atoms with Crippen molar-refractivity contribution in [2.75, 3.05) is 36.0 Å². The molecule has 0 spiro atoms. The van der Waals surface area contributed by atoms with Crippen LogP contribution in [0, 0.1) is 5.82 Å². The lowest BCUT2D eigenvalue weighted by atomic mass is 10.1. The van der Waals surface area contributed by atoms with Gasteiger partial charge in [-0.1, -0.05) is 30.3 Å². The zero-order chi connectivity index (χ0) is 22.1. The van der Waals surface area contributed by atoms with Crippen LogP contribution in [-0.4, -0.2) is 34.6 Å². The minimum Gasteiger partial charge on any atom is -0.368 e. The van der Waals surface area contributed by atoms with Gasteiger partial charge < -0.3 is 9.80 Å². The molecule has 1 saturated heterocycles. The molecule has 1 N–H and O–H groups in total. The number of H-pyrrole nitrogens is 1. The molecule has 3 aromatic carbocycles. The van der Waals surface area contributed by atoms with E-state index in [9.17, 15) is 12.8 Å². The number of hydrogen-bond acceptors (Lipinski definition) is 4. The Balaban J connectivity index is 1.55. The molecule has 0 amide bonds. The monoisotopic (exact) mass is 448 g/mol. The van der Waals surface area contributed by atoms with Crippen LogP contribution in [-0.2, 0) is 9.84 Å². The first-order chi connectivity index (χ1) is 15.5. The number of sulfone groups is 1. The maximum atomic E-state index is 13.6. The molecule has 1 fully saturated rings. The number of piperazine rings is 1. The minimum absolute atomic E-state index is 0.254. The highest BCUT2D eigenvalue weighted by molar-refractivity contribution is 7.91. The van der Waals surface area contributed by atoms with Crippen LogP contribution in [0.1, 0.15) is 0 Å². The van der Waals surface area contributed by atoms with Gasteiger partial charge in [0.1, 0.15) is 5.82 Å². The Hall–Kier alpha value is -3.45. The fourth-order valence-corrected chi connectivity index (χ4v) is 5.73. The predicted molar refractivity (Wildman–Crippen MR) is 123 cm³/mol. The zero-order valence-corrected chi connectivity index (χ0v) is 18.2. The summed E-state index contributed by atoms with van der Waals surface area (Å²) in [6.07, 6.45) is 1.60. The Kier molecular flexibility index (Phi) is 5.27. The molecule has 1 aliphatic rings. The average Bonchev–Trinajstić information content (AvgIpc) is 2.84. The molecule has 2 heterocycles. The molecular formula is C25H23FN3O2S+. The van der Waals surface area contributed by atoms with Gasteiger partial charge in [0, 0.05) is 37.9 Å². The summed E-state index contributed by atoms with van der Waals surface area (Å²) in [5.74, 6) is -0.254. The van der Waals surface area contributed by atoms with Crippen LogP contribution in [0.15, 0.2) is 94.9 Å². The summed E-state index contributed by atoms with van der Waals surface area (Å²) in [6.45, 7) is 2.73. The molecule has 32 heavy (non-hydrogen) atoms. The second kappa shape index (κ2) is 8.24. The molecule has 4 aromatic rings. The topological polar surface area (TPSA) is 54.8 Å². The van der Waals surface area contributed by atoms with Gasteiger partial charge in [0.05, 0.1) is 16.0 Å². The largest absolute Gasteiger partial charge is 0.368 e. The van der Waals surface area contributed by atoms with E-state index in [0.717, 1.165) is 22.3 Å². The molecule has 0 atom stereocenters. The minimum atomic E-state index is -3.71. The quantitative estimate of drug-likeness (QED) is 0.474. The van der Waals surface area contributed by atoms with Gasteiger partial charge in [-0.2, -0.15) is 0 Å². The summed E-state index contributed by atoms with van der Waals surface area (Å²) >= 11 is 0. The summed E-state index contributed by atoms with van der Waals surface area (Å²) in [4.78, 5) is 8.05. The van der Waals surface area contributed by atoms with Gasteiger partial charge in [0.2, 0.25) is 15.4 Å². The number of aromatic nitrogens is 1. The number of nitrogens with one attached hydrogen (secondary N) is 1. The van der Waals surface area contributed by atoms with Crippen molar-refractivity contribution < 1.29 is 17.8 Å². The third kappa shape index (κ3) is 3.69. The van der Waals surface area contributed by atoms with E-state index in [4.69, 9.17) is 0 Å². The van der Waals surface area contributed by atoms with Crippen molar-refractivity contribution in [2.24, 2.45) is 0 Å². The van der Waals surface area contributed by atoms with Crippen molar-refractivity contribution in [1.29, 1.82) is 0 Å². The second-order valence-electron chi connectivity index (χ2n) is 7.81. The lowest BCUT2D eigenvalue weighted by Crippen LogP contribution is -2.47. The average molecular weight is 449 g/mol. The Labute approximate surface area is 186 Å². The number of hydrogen-bond donors (Lipinski definition) is 0. The van der Waals surface area contributed by atoms with E-state index < -0.39 is 9.84 Å². The Morgan fingerprint density at radius 2 is 1.38 bits per heavy atom. The van der Waals surface area contributed by atoms with E-state index >= 15 is 0 Å². The molecular weight excluding hydrogens is 425 g/mol. The number of halogens is 1. The molecule has 0 radical (unpaired) electrons. The summed E-state index contributed by atoms with van der Waals surface area (Å²) in [6, 6.07) is 22.8. The number of aromatic amines is 1. The zero-order valence-electron chi connectivity index (χ0n) is 17.4. The number of anilines is 2. The highest BCUT2D eigenvalue weighted by Gasteiger charge is 2.30. The first-order valence-electron chi connectivity index (χ1n) is 10.5. The number of rotatable bonds is 4. The summed E-state index contributed by atoms with van der Waals surface area (Å²) in [7, 11) is -3.71. The normalized spacial score (nSPS) is 14.7. The van der Waals surface area contributed by atoms with E-state index in [0.29, 0.717) is 26.2 Å². The molecule has 1 aromatic heterocycles. The molecule has 5 rings (SSSR count). The third-order valence-corrected chi connectivity index (χ3v) is 7.69. The van der Waals surface area contributed by atoms with Crippen molar-refractivity contribution in [1.82, 2.24) is 0 Å². The summed E-state index contributed by atoms with van der Waals surface area (Å²) in [5.41, 5.74) is 2.58. The van der Waals surface area contributed by atoms with Crippen LogP contribution in [0.4, 0.5) is 15.8 Å².